The molecule has 0 aromatic heterocycles. The number of esters is 1. The number of hydrogen-bond acceptors (Lipinski definition) is 5. The highest BCUT2D eigenvalue weighted by Gasteiger charge is 2.53. The van der Waals surface area contributed by atoms with E-state index in [1.807, 2.05) is 39.8 Å². The lowest BCUT2D eigenvalue weighted by molar-refractivity contribution is -0.147. The maximum atomic E-state index is 11.8. The van der Waals surface area contributed by atoms with E-state index in [-0.39, 0.29) is 5.97 Å². The van der Waals surface area contributed by atoms with Crippen molar-refractivity contribution in [3.63, 3.8) is 0 Å². The first-order chi connectivity index (χ1) is 10.6. The van der Waals surface area contributed by atoms with Crippen molar-refractivity contribution in [3.8, 4) is 5.75 Å². The molecule has 0 amide bonds. The third-order valence-corrected chi connectivity index (χ3v) is 5.25. The molecule has 0 bridgehead atoms. The van der Waals surface area contributed by atoms with Crippen molar-refractivity contribution < 1.29 is 23.6 Å². The molecule has 1 saturated heterocycles. The molecule has 1 fully saturated rings. The van der Waals surface area contributed by atoms with E-state index in [0.717, 1.165) is 15.5 Å². The van der Waals surface area contributed by atoms with Gasteiger partial charge in [0.1, 0.15) is 5.75 Å². The number of halogens is 1. The van der Waals surface area contributed by atoms with Crippen molar-refractivity contribution in [2.45, 2.75) is 51.4 Å². The Morgan fingerprint density at radius 3 is 2.43 bits per heavy atom. The van der Waals surface area contributed by atoms with E-state index in [4.69, 9.17) is 18.8 Å². The Morgan fingerprint density at radius 2 is 1.87 bits per heavy atom. The summed E-state index contributed by atoms with van der Waals surface area (Å²) in [5.74, 6) is 0.277. The van der Waals surface area contributed by atoms with Gasteiger partial charge in [0.05, 0.1) is 18.3 Å². The van der Waals surface area contributed by atoms with E-state index >= 15 is 0 Å². The second-order valence-corrected chi connectivity index (χ2v) is 7.82. The van der Waals surface area contributed by atoms with Crippen LogP contribution in [-0.4, -0.2) is 37.5 Å². The molecule has 7 heteroatoms. The van der Waals surface area contributed by atoms with Crippen molar-refractivity contribution >= 4 is 34.5 Å². The summed E-state index contributed by atoms with van der Waals surface area (Å²) in [4.78, 5) is 11.8. The van der Waals surface area contributed by atoms with Gasteiger partial charge in [-0.2, -0.15) is 0 Å². The summed E-state index contributed by atoms with van der Waals surface area (Å²) in [5, 5.41) is 0. The average Bonchev–Trinajstić information content (AvgIpc) is 2.95. The third kappa shape index (κ3) is 2.79. The molecule has 1 atom stereocenters. The molecular formula is C16H20BBrO5. The maximum absolute atomic E-state index is 11.8. The Morgan fingerprint density at radius 1 is 1.26 bits per heavy atom. The van der Waals surface area contributed by atoms with Gasteiger partial charge in [-0.05, 0) is 45.4 Å². The highest BCUT2D eigenvalue weighted by Crippen LogP contribution is 2.39. The number of benzene rings is 1. The number of rotatable bonds is 2. The van der Waals surface area contributed by atoms with Crippen LogP contribution in [0, 0.1) is 0 Å². The lowest BCUT2D eigenvalue weighted by Crippen LogP contribution is -2.41. The normalized spacial score (nSPS) is 24.3. The van der Waals surface area contributed by atoms with Crippen LogP contribution < -0.4 is 10.2 Å². The Balaban J connectivity index is 1.96. The van der Waals surface area contributed by atoms with Crippen LogP contribution >= 0.6 is 15.9 Å². The Labute approximate surface area is 144 Å². The molecule has 1 unspecified atom stereocenters. The van der Waals surface area contributed by atoms with E-state index in [0.29, 0.717) is 12.2 Å². The van der Waals surface area contributed by atoms with Gasteiger partial charge in [-0.1, -0.05) is 15.9 Å². The average molecular weight is 383 g/mol. The summed E-state index contributed by atoms with van der Waals surface area (Å²) in [7, 11) is 0.822. The molecule has 0 N–H and O–H groups in total. The summed E-state index contributed by atoms with van der Waals surface area (Å²) in [6.45, 7) is 8.01. The minimum Gasteiger partial charge on any atom is -0.478 e. The van der Waals surface area contributed by atoms with Gasteiger partial charge in [0.15, 0.2) is 6.10 Å². The standard InChI is InChI=1S/C16H20BBrO5/c1-15(2)16(3,4)23-17(22-15)11-8-10(18)6-9-7-12(14(19)20-5)21-13(9)11/h6,8,12H,7H2,1-5H3. The van der Waals surface area contributed by atoms with Crippen LogP contribution in [0.25, 0.3) is 0 Å². The first-order valence-electron chi connectivity index (χ1n) is 7.57. The molecule has 0 radical (unpaired) electrons. The summed E-state index contributed by atoms with van der Waals surface area (Å²) in [6.07, 6.45) is -0.140. The van der Waals surface area contributed by atoms with E-state index in [1.54, 1.807) is 0 Å². The number of carbonyl (C=O) groups excluding carboxylic acids is 1. The zero-order chi connectivity index (χ0) is 17.0. The molecule has 1 aromatic rings. The first-order valence-corrected chi connectivity index (χ1v) is 8.36. The number of hydrogen-bond donors (Lipinski definition) is 0. The highest BCUT2D eigenvalue weighted by molar-refractivity contribution is 9.10. The van der Waals surface area contributed by atoms with Gasteiger partial charge in [-0.3, -0.25) is 0 Å². The summed E-state index contributed by atoms with van der Waals surface area (Å²) >= 11 is 3.51. The fourth-order valence-electron chi connectivity index (χ4n) is 2.76. The molecule has 2 heterocycles. The SMILES string of the molecule is COC(=O)C1Cc2cc(Br)cc(B3OC(C)(C)C(C)(C)O3)c2O1. The Hall–Kier alpha value is -1.05. The van der Waals surface area contributed by atoms with Crippen LogP contribution in [0.4, 0.5) is 0 Å². The van der Waals surface area contributed by atoms with Crippen LogP contribution in [0.15, 0.2) is 16.6 Å². The van der Waals surface area contributed by atoms with Crippen LogP contribution in [-0.2, 0) is 25.3 Å². The molecular weight excluding hydrogens is 363 g/mol. The summed E-state index contributed by atoms with van der Waals surface area (Å²) in [5.41, 5.74) is 0.861. The van der Waals surface area contributed by atoms with Gasteiger partial charge < -0.3 is 18.8 Å². The summed E-state index contributed by atoms with van der Waals surface area (Å²) in [6, 6.07) is 3.87. The van der Waals surface area contributed by atoms with E-state index < -0.39 is 24.4 Å². The van der Waals surface area contributed by atoms with Crippen molar-refractivity contribution in [1.29, 1.82) is 0 Å². The van der Waals surface area contributed by atoms with E-state index in [1.165, 1.54) is 7.11 Å². The summed E-state index contributed by atoms with van der Waals surface area (Å²) < 4.78 is 23.8. The zero-order valence-electron chi connectivity index (χ0n) is 13.9. The number of carbonyl (C=O) groups is 1. The van der Waals surface area contributed by atoms with Gasteiger partial charge in [0.2, 0.25) is 0 Å². The van der Waals surface area contributed by atoms with E-state index in [2.05, 4.69) is 15.9 Å². The molecule has 0 saturated carbocycles. The van der Waals surface area contributed by atoms with Crippen LogP contribution in [0.3, 0.4) is 0 Å². The lowest BCUT2D eigenvalue weighted by atomic mass is 9.77. The number of fused-ring (bicyclic) bond motifs is 1. The zero-order valence-corrected chi connectivity index (χ0v) is 15.5. The third-order valence-electron chi connectivity index (χ3n) is 4.80. The second-order valence-electron chi connectivity index (χ2n) is 6.91. The molecule has 124 valence electrons. The molecule has 3 rings (SSSR count). The minimum absolute atomic E-state index is 0.378. The van der Waals surface area contributed by atoms with Gasteiger partial charge in [-0.25, -0.2) is 4.79 Å². The molecule has 2 aliphatic heterocycles. The smallest absolute Gasteiger partial charge is 0.478 e. The maximum Gasteiger partial charge on any atom is 0.498 e. The molecule has 23 heavy (non-hydrogen) atoms. The Kier molecular flexibility index (Phi) is 4.02. The van der Waals surface area contributed by atoms with Gasteiger partial charge in [0, 0.05) is 16.4 Å². The molecule has 2 aliphatic rings. The monoisotopic (exact) mass is 382 g/mol. The van der Waals surface area contributed by atoms with Crippen LogP contribution in [0.2, 0.25) is 0 Å². The van der Waals surface area contributed by atoms with Crippen molar-refractivity contribution in [3.05, 3.63) is 22.2 Å². The number of methoxy groups -OCH3 is 1. The van der Waals surface area contributed by atoms with Crippen molar-refractivity contribution in [1.82, 2.24) is 0 Å². The van der Waals surface area contributed by atoms with Crippen molar-refractivity contribution in [2.24, 2.45) is 0 Å². The van der Waals surface area contributed by atoms with Crippen LogP contribution in [0.5, 0.6) is 5.75 Å². The quantitative estimate of drug-likeness (QED) is 0.579. The largest absolute Gasteiger partial charge is 0.498 e. The highest BCUT2D eigenvalue weighted by atomic mass is 79.9. The fourth-order valence-corrected chi connectivity index (χ4v) is 3.28. The van der Waals surface area contributed by atoms with Gasteiger partial charge in [-0.15, -0.1) is 0 Å². The predicted molar refractivity (Wildman–Crippen MR) is 90.0 cm³/mol. The predicted octanol–water partition coefficient (Wildman–Crippen LogP) is 2.22. The second kappa shape index (κ2) is 5.50. The molecule has 0 spiro atoms. The fraction of sp³-hybridized carbons (Fsp3) is 0.562. The lowest BCUT2D eigenvalue weighted by Gasteiger charge is -2.32. The first kappa shape index (κ1) is 16.8. The van der Waals surface area contributed by atoms with Crippen molar-refractivity contribution in [2.75, 3.05) is 7.11 Å². The minimum atomic E-state index is -0.620. The molecule has 0 aliphatic carbocycles. The Bertz CT molecular complexity index is 642. The van der Waals surface area contributed by atoms with E-state index in [9.17, 15) is 4.79 Å². The van der Waals surface area contributed by atoms with Crippen LogP contribution in [0.1, 0.15) is 33.3 Å². The topological polar surface area (TPSA) is 54.0 Å². The van der Waals surface area contributed by atoms with Gasteiger partial charge in [0.25, 0.3) is 0 Å². The number of ether oxygens (including phenoxy) is 2. The molecule has 1 aromatic carbocycles. The molecule has 5 nitrogen and oxygen atoms in total. The van der Waals surface area contributed by atoms with Gasteiger partial charge >= 0.3 is 13.1 Å².